The molecular formula is C14H21N5. The summed E-state index contributed by atoms with van der Waals surface area (Å²) in [5.41, 5.74) is 3.88. The van der Waals surface area contributed by atoms with Crippen LogP contribution in [0.5, 0.6) is 0 Å². The summed E-state index contributed by atoms with van der Waals surface area (Å²) in [5, 5.41) is 11.6. The van der Waals surface area contributed by atoms with Crippen molar-refractivity contribution in [3.8, 4) is 0 Å². The molecule has 1 unspecified atom stereocenters. The zero-order valence-electron chi connectivity index (χ0n) is 12.0. The van der Waals surface area contributed by atoms with Gasteiger partial charge in [0.05, 0.1) is 6.04 Å². The molecule has 5 nitrogen and oxygen atoms in total. The molecule has 0 N–H and O–H groups in total. The Bertz CT molecular complexity index is 519. The average molecular weight is 259 g/mol. The highest BCUT2D eigenvalue weighted by Gasteiger charge is 2.15. The molecule has 1 heterocycles. The van der Waals surface area contributed by atoms with Gasteiger partial charge in [-0.05, 0) is 68.0 Å². The SMILES string of the molecule is Cc1ccc(C(CCN(C)C)n2cnnn2)cc1C. The summed E-state index contributed by atoms with van der Waals surface area (Å²) < 4.78 is 1.84. The lowest BCUT2D eigenvalue weighted by atomic mass is 9.99. The van der Waals surface area contributed by atoms with E-state index in [0.717, 1.165) is 13.0 Å². The van der Waals surface area contributed by atoms with Gasteiger partial charge >= 0.3 is 0 Å². The van der Waals surface area contributed by atoms with Crippen molar-refractivity contribution in [2.75, 3.05) is 20.6 Å². The van der Waals surface area contributed by atoms with Gasteiger partial charge in [-0.15, -0.1) is 5.10 Å². The van der Waals surface area contributed by atoms with Crippen LogP contribution in [0.1, 0.15) is 29.2 Å². The Morgan fingerprint density at radius 1 is 1.21 bits per heavy atom. The van der Waals surface area contributed by atoms with Crippen molar-refractivity contribution in [3.05, 3.63) is 41.2 Å². The van der Waals surface area contributed by atoms with E-state index in [1.54, 1.807) is 6.33 Å². The maximum Gasteiger partial charge on any atom is 0.138 e. The molecule has 0 saturated carbocycles. The van der Waals surface area contributed by atoms with Crippen LogP contribution in [-0.4, -0.2) is 45.7 Å². The standard InChI is InChI=1S/C14H21N5/c1-11-5-6-13(9-12(11)2)14(7-8-18(3)4)19-10-15-16-17-19/h5-6,9-10,14H,7-8H2,1-4H3. The monoisotopic (exact) mass is 259 g/mol. The maximum atomic E-state index is 4.06. The Morgan fingerprint density at radius 3 is 2.58 bits per heavy atom. The third kappa shape index (κ3) is 3.38. The summed E-state index contributed by atoms with van der Waals surface area (Å²) >= 11 is 0. The molecule has 102 valence electrons. The Kier molecular flexibility index (Phi) is 4.27. The van der Waals surface area contributed by atoms with Gasteiger partial charge in [-0.2, -0.15) is 0 Å². The highest BCUT2D eigenvalue weighted by atomic mass is 15.5. The van der Waals surface area contributed by atoms with Gasteiger partial charge in [-0.25, -0.2) is 4.68 Å². The second kappa shape index (κ2) is 5.93. The van der Waals surface area contributed by atoms with Crippen LogP contribution in [0.15, 0.2) is 24.5 Å². The topological polar surface area (TPSA) is 46.8 Å². The summed E-state index contributed by atoms with van der Waals surface area (Å²) in [6, 6.07) is 6.76. The van der Waals surface area contributed by atoms with Gasteiger partial charge < -0.3 is 4.90 Å². The lowest BCUT2D eigenvalue weighted by Gasteiger charge is -2.20. The van der Waals surface area contributed by atoms with E-state index in [4.69, 9.17) is 0 Å². The highest BCUT2D eigenvalue weighted by molar-refractivity contribution is 5.31. The van der Waals surface area contributed by atoms with E-state index in [-0.39, 0.29) is 6.04 Å². The molecule has 0 radical (unpaired) electrons. The molecule has 2 aromatic rings. The molecule has 0 aliphatic heterocycles. The zero-order valence-corrected chi connectivity index (χ0v) is 12.0. The number of rotatable bonds is 5. The number of nitrogens with zero attached hydrogens (tertiary/aromatic N) is 5. The molecule has 1 atom stereocenters. The second-order valence-electron chi connectivity index (χ2n) is 5.24. The van der Waals surface area contributed by atoms with E-state index in [1.165, 1.54) is 16.7 Å². The van der Waals surface area contributed by atoms with Crippen molar-refractivity contribution in [3.63, 3.8) is 0 Å². The molecule has 0 bridgehead atoms. The first-order valence-electron chi connectivity index (χ1n) is 6.52. The Labute approximate surface area is 114 Å². The lowest BCUT2D eigenvalue weighted by molar-refractivity contribution is 0.354. The second-order valence-corrected chi connectivity index (χ2v) is 5.24. The summed E-state index contributed by atoms with van der Waals surface area (Å²) in [5.74, 6) is 0. The molecule has 1 aromatic heterocycles. The van der Waals surface area contributed by atoms with Crippen molar-refractivity contribution in [1.82, 2.24) is 25.1 Å². The van der Waals surface area contributed by atoms with Crippen LogP contribution in [0.2, 0.25) is 0 Å². The van der Waals surface area contributed by atoms with Crippen molar-refractivity contribution in [1.29, 1.82) is 0 Å². The smallest absolute Gasteiger partial charge is 0.138 e. The summed E-state index contributed by atoms with van der Waals surface area (Å²) in [7, 11) is 4.16. The number of hydrogen-bond donors (Lipinski definition) is 0. The van der Waals surface area contributed by atoms with E-state index >= 15 is 0 Å². The van der Waals surface area contributed by atoms with E-state index in [1.807, 2.05) is 4.68 Å². The third-order valence-corrected chi connectivity index (χ3v) is 3.45. The minimum Gasteiger partial charge on any atom is -0.309 e. The van der Waals surface area contributed by atoms with Crippen molar-refractivity contribution >= 4 is 0 Å². The molecule has 0 aliphatic rings. The zero-order chi connectivity index (χ0) is 13.8. The minimum absolute atomic E-state index is 0.191. The molecule has 2 rings (SSSR count). The number of tetrazole rings is 1. The summed E-state index contributed by atoms with van der Waals surface area (Å²) in [6.07, 6.45) is 2.68. The Hall–Kier alpha value is -1.75. The molecule has 5 heteroatoms. The van der Waals surface area contributed by atoms with Crippen molar-refractivity contribution in [2.45, 2.75) is 26.3 Å². The molecular weight excluding hydrogens is 238 g/mol. The van der Waals surface area contributed by atoms with Gasteiger partial charge in [-0.3, -0.25) is 0 Å². The molecule has 0 saturated heterocycles. The van der Waals surface area contributed by atoms with Gasteiger partial charge in [0.15, 0.2) is 0 Å². The first-order chi connectivity index (χ1) is 9.08. The molecule has 0 spiro atoms. The van der Waals surface area contributed by atoms with Crippen LogP contribution in [0.25, 0.3) is 0 Å². The maximum absolute atomic E-state index is 4.06. The van der Waals surface area contributed by atoms with E-state index in [2.05, 4.69) is 66.6 Å². The quantitative estimate of drug-likeness (QED) is 0.822. The fourth-order valence-corrected chi connectivity index (χ4v) is 2.12. The van der Waals surface area contributed by atoms with Crippen LogP contribution in [-0.2, 0) is 0 Å². The number of aryl methyl sites for hydroxylation is 2. The van der Waals surface area contributed by atoms with E-state index < -0.39 is 0 Å². The Morgan fingerprint density at radius 2 is 2.00 bits per heavy atom. The number of benzene rings is 1. The fourth-order valence-electron chi connectivity index (χ4n) is 2.12. The van der Waals surface area contributed by atoms with Crippen LogP contribution in [0, 0.1) is 13.8 Å². The van der Waals surface area contributed by atoms with Gasteiger partial charge in [0, 0.05) is 0 Å². The minimum atomic E-state index is 0.191. The average Bonchev–Trinajstić information content (AvgIpc) is 2.87. The lowest BCUT2D eigenvalue weighted by Crippen LogP contribution is -2.20. The first-order valence-corrected chi connectivity index (χ1v) is 6.52. The van der Waals surface area contributed by atoms with E-state index in [0.29, 0.717) is 0 Å². The molecule has 19 heavy (non-hydrogen) atoms. The van der Waals surface area contributed by atoms with Crippen molar-refractivity contribution < 1.29 is 0 Å². The molecule has 0 amide bonds. The normalized spacial score (nSPS) is 12.9. The fraction of sp³-hybridized carbons (Fsp3) is 0.500. The third-order valence-electron chi connectivity index (χ3n) is 3.45. The van der Waals surface area contributed by atoms with Crippen LogP contribution in [0.4, 0.5) is 0 Å². The predicted octanol–water partition coefficient (Wildman–Crippen LogP) is 1.83. The van der Waals surface area contributed by atoms with Crippen molar-refractivity contribution in [2.24, 2.45) is 0 Å². The van der Waals surface area contributed by atoms with Gasteiger partial charge in [0.1, 0.15) is 6.33 Å². The summed E-state index contributed by atoms with van der Waals surface area (Å²) in [6.45, 7) is 5.27. The predicted molar refractivity (Wildman–Crippen MR) is 75.0 cm³/mol. The summed E-state index contributed by atoms with van der Waals surface area (Å²) in [4.78, 5) is 2.18. The first kappa shape index (κ1) is 13.7. The molecule has 0 fully saturated rings. The molecule has 1 aromatic carbocycles. The van der Waals surface area contributed by atoms with Gasteiger partial charge in [-0.1, -0.05) is 18.2 Å². The van der Waals surface area contributed by atoms with Crippen LogP contribution < -0.4 is 0 Å². The Balaban J connectivity index is 2.28. The van der Waals surface area contributed by atoms with Crippen LogP contribution >= 0.6 is 0 Å². The largest absolute Gasteiger partial charge is 0.309 e. The van der Waals surface area contributed by atoms with Crippen LogP contribution in [0.3, 0.4) is 0 Å². The van der Waals surface area contributed by atoms with Gasteiger partial charge in [0.2, 0.25) is 0 Å². The number of aromatic nitrogens is 4. The molecule has 0 aliphatic carbocycles. The van der Waals surface area contributed by atoms with Gasteiger partial charge in [0.25, 0.3) is 0 Å². The van der Waals surface area contributed by atoms with E-state index in [9.17, 15) is 0 Å². The number of hydrogen-bond acceptors (Lipinski definition) is 4. The highest BCUT2D eigenvalue weighted by Crippen LogP contribution is 2.23.